The van der Waals surface area contributed by atoms with Crippen molar-refractivity contribution in [2.24, 2.45) is 5.92 Å². The Morgan fingerprint density at radius 2 is 1.92 bits per heavy atom. The molecule has 2 aliphatic heterocycles. The highest BCUT2D eigenvalue weighted by molar-refractivity contribution is 5.83. The summed E-state index contributed by atoms with van der Waals surface area (Å²) in [7, 11) is 0. The summed E-state index contributed by atoms with van der Waals surface area (Å²) < 4.78 is 38.8. The van der Waals surface area contributed by atoms with E-state index in [1.54, 1.807) is 0 Å². The molecule has 0 radical (unpaired) electrons. The number of hydrogen-bond acceptors (Lipinski definition) is 4. The Kier molecular flexibility index (Phi) is 4.62. The third-order valence-electron chi connectivity index (χ3n) is 4.73. The van der Waals surface area contributed by atoms with Gasteiger partial charge in [0, 0.05) is 19.2 Å². The summed E-state index contributed by atoms with van der Waals surface area (Å²) in [5.74, 6) is 0.263. The standard InChI is InChI=1S/C15H19F3N4O2/c16-15(17,18)12-7-13(23)22(9-20-12)8-10-2-5-21(6-3-10)11-1-4-19-14(11)24/h7,9-11H,1-6,8H2,(H,19,24). The number of amides is 1. The third-order valence-corrected chi connectivity index (χ3v) is 4.73. The lowest BCUT2D eigenvalue weighted by molar-refractivity contribution is -0.141. The maximum absolute atomic E-state index is 12.5. The van der Waals surface area contributed by atoms with Crippen molar-refractivity contribution in [1.82, 2.24) is 19.8 Å². The van der Waals surface area contributed by atoms with Crippen LogP contribution in [0.25, 0.3) is 0 Å². The number of nitrogens with one attached hydrogen (secondary N) is 1. The number of carbonyl (C=O) groups excluding carboxylic acids is 1. The highest BCUT2D eigenvalue weighted by Gasteiger charge is 2.34. The van der Waals surface area contributed by atoms with Crippen LogP contribution in [0.5, 0.6) is 0 Å². The minimum atomic E-state index is -4.61. The van der Waals surface area contributed by atoms with Gasteiger partial charge in [-0.1, -0.05) is 0 Å². The second-order valence-corrected chi connectivity index (χ2v) is 6.34. The van der Waals surface area contributed by atoms with Gasteiger partial charge >= 0.3 is 6.18 Å². The van der Waals surface area contributed by atoms with Crippen LogP contribution in [0.3, 0.4) is 0 Å². The zero-order valence-corrected chi connectivity index (χ0v) is 13.1. The fourth-order valence-corrected chi connectivity index (χ4v) is 3.37. The van der Waals surface area contributed by atoms with Crippen molar-refractivity contribution in [2.45, 2.75) is 38.0 Å². The molecule has 0 bridgehead atoms. The zero-order chi connectivity index (χ0) is 17.3. The van der Waals surface area contributed by atoms with Crippen molar-refractivity contribution in [3.05, 3.63) is 28.4 Å². The van der Waals surface area contributed by atoms with Gasteiger partial charge in [-0.05, 0) is 38.3 Å². The zero-order valence-electron chi connectivity index (χ0n) is 13.1. The maximum Gasteiger partial charge on any atom is 0.433 e. The predicted octanol–water partition coefficient (Wildman–Crippen LogP) is 0.863. The summed E-state index contributed by atoms with van der Waals surface area (Å²) in [6, 6.07) is 0.472. The molecule has 6 nitrogen and oxygen atoms in total. The highest BCUT2D eigenvalue weighted by Crippen LogP contribution is 2.26. The number of alkyl halides is 3. The molecule has 2 fully saturated rings. The fourth-order valence-electron chi connectivity index (χ4n) is 3.37. The molecule has 0 saturated carbocycles. The fraction of sp³-hybridized carbons (Fsp3) is 0.667. The van der Waals surface area contributed by atoms with Gasteiger partial charge in [0.05, 0.1) is 12.4 Å². The number of halogens is 3. The van der Waals surface area contributed by atoms with E-state index in [2.05, 4.69) is 15.2 Å². The Hall–Kier alpha value is -1.90. The van der Waals surface area contributed by atoms with Gasteiger partial charge in [-0.2, -0.15) is 13.2 Å². The first-order valence-electron chi connectivity index (χ1n) is 8.00. The molecule has 2 saturated heterocycles. The minimum Gasteiger partial charge on any atom is -0.355 e. The van der Waals surface area contributed by atoms with Gasteiger partial charge in [-0.15, -0.1) is 0 Å². The quantitative estimate of drug-likeness (QED) is 0.883. The molecule has 132 valence electrons. The average molecular weight is 344 g/mol. The molecule has 0 aliphatic carbocycles. The molecule has 1 atom stereocenters. The second-order valence-electron chi connectivity index (χ2n) is 6.34. The molecule has 24 heavy (non-hydrogen) atoms. The lowest BCUT2D eigenvalue weighted by Crippen LogP contribution is -2.45. The molecule has 0 aromatic carbocycles. The summed E-state index contributed by atoms with van der Waals surface area (Å²) in [5.41, 5.74) is -1.85. The van der Waals surface area contributed by atoms with Crippen LogP contribution in [0.15, 0.2) is 17.2 Å². The Morgan fingerprint density at radius 3 is 2.46 bits per heavy atom. The van der Waals surface area contributed by atoms with Crippen LogP contribution >= 0.6 is 0 Å². The molecule has 2 aliphatic rings. The summed E-state index contributed by atoms with van der Waals surface area (Å²) in [5, 5.41) is 2.82. The van der Waals surface area contributed by atoms with Crippen molar-refractivity contribution < 1.29 is 18.0 Å². The smallest absolute Gasteiger partial charge is 0.355 e. The number of nitrogens with zero attached hydrogens (tertiary/aromatic N) is 3. The molecule has 1 unspecified atom stereocenters. The second kappa shape index (κ2) is 6.54. The number of rotatable bonds is 3. The normalized spacial score (nSPS) is 23.5. The lowest BCUT2D eigenvalue weighted by Gasteiger charge is -2.34. The Bertz CT molecular complexity index is 665. The van der Waals surface area contributed by atoms with Gasteiger partial charge in [-0.25, -0.2) is 4.98 Å². The van der Waals surface area contributed by atoms with Crippen LogP contribution in [0.2, 0.25) is 0 Å². The molecule has 1 aromatic heterocycles. The Balaban J connectivity index is 1.58. The van der Waals surface area contributed by atoms with Gasteiger partial charge in [0.2, 0.25) is 5.91 Å². The van der Waals surface area contributed by atoms with Crippen LogP contribution < -0.4 is 10.9 Å². The molecule has 1 aromatic rings. The van der Waals surface area contributed by atoms with Crippen LogP contribution in [-0.2, 0) is 17.5 Å². The molecule has 3 heterocycles. The average Bonchev–Trinajstić information content (AvgIpc) is 2.95. The molecular weight excluding hydrogens is 325 g/mol. The minimum absolute atomic E-state index is 0.0663. The van der Waals surface area contributed by atoms with Crippen LogP contribution in [-0.4, -0.2) is 46.0 Å². The van der Waals surface area contributed by atoms with E-state index < -0.39 is 17.4 Å². The summed E-state index contributed by atoms with van der Waals surface area (Å²) >= 11 is 0. The van der Waals surface area contributed by atoms with Crippen molar-refractivity contribution in [3.63, 3.8) is 0 Å². The lowest BCUT2D eigenvalue weighted by atomic mass is 9.95. The van der Waals surface area contributed by atoms with E-state index in [9.17, 15) is 22.8 Å². The maximum atomic E-state index is 12.5. The first kappa shape index (κ1) is 16.9. The van der Waals surface area contributed by atoms with Gasteiger partial charge in [0.1, 0.15) is 0 Å². The van der Waals surface area contributed by atoms with Crippen LogP contribution in [0, 0.1) is 5.92 Å². The van der Waals surface area contributed by atoms with E-state index in [0.717, 1.165) is 38.7 Å². The number of carbonyl (C=O) groups is 1. The molecule has 3 rings (SSSR count). The van der Waals surface area contributed by atoms with Crippen molar-refractivity contribution in [3.8, 4) is 0 Å². The first-order valence-corrected chi connectivity index (χ1v) is 8.00. The Morgan fingerprint density at radius 1 is 1.21 bits per heavy atom. The van der Waals surface area contributed by atoms with Crippen molar-refractivity contribution >= 4 is 5.91 Å². The van der Waals surface area contributed by atoms with Crippen LogP contribution in [0.4, 0.5) is 13.2 Å². The monoisotopic (exact) mass is 344 g/mol. The summed E-state index contributed by atoms with van der Waals surface area (Å²) in [4.78, 5) is 29.0. The number of likely N-dealkylation sites (tertiary alicyclic amines) is 1. The van der Waals surface area contributed by atoms with E-state index in [4.69, 9.17) is 0 Å². The Labute approximate surface area is 136 Å². The van der Waals surface area contributed by atoms with Gasteiger partial charge in [0.15, 0.2) is 5.69 Å². The predicted molar refractivity (Wildman–Crippen MR) is 79.2 cm³/mol. The molecule has 9 heteroatoms. The first-order chi connectivity index (χ1) is 11.3. The summed E-state index contributed by atoms with van der Waals surface area (Å²) in [6.45, 7) is 2.57. The summed E-state index contributed by atoms with van der Waals surface area (Å²) in [6.07, 6.45) is -1.21. The highest BCUT2D eigenvalue weighted by atomic mass is 19.4. The largest absolute Gasteiger partial charge is 0.433 e. The van der Waals surface area contributed by atoms with E-state index in [-0.39, 0.29) is 17.9 Å². The van der Waals surface area contributed by atoms with Gasteiger partial charge in [0.25, 0.3) is 5.56 Å². The topological polar surface area (TPSA) is 67.2 Å². The van der Waals surface area contributed by atoms with E-state index >= 15 is 0 Å². The van der Waals surface area contributed by atoms with E-state index in [0.29, 0.717) is 19.2 Å². The molecule has 1 N–H and O–H groups in total. The third kappa shape index (κ3) is 3.61. The van der Waals surface area contributed by atoms with E-state index in [1.165, 1.54) is 4.57 Å². The van der Waals surface area contributed by atoms with Crippen molar-refractivity contribution in [2.75, 3.05) is 19.6 Å². The van der Waals surface area contributed by atoms with Gasteiger partial charge in [-0.3, -0.25) is 19.1 Å². The molecule has 1 amide bonds. The van der Waals surface area contributed by atoms with Crippen LogP contribution in [0.1, 0.15) is 25.0 Å². The number of hydrogen-bond donors (Lipinski definition) is 1. The number of aromatic nitrogens is 2. The van der Waals surface area contributed by atoms with E-state index in [1.807, 2.05) is 0 Å². The SMILES string of the molecule is O=C1NCCC1N1CCC(Cn2cnc(C(F)(F)F)cc2=O)CC1. The van der Waals surface area contributed by atoms with Crippen molar-refractivity contribution in [1.29, 1.82) is 0 Å². The van der Waals surface area contributed by atoms with Gasteiger partial charge < -0.3 is 5.32 Å². The molecule has 0 spiro atoms. The number of piperidine rings is 1. The molecular formula is C15H19F3N4O2.